The molecule has 0 amide bonds. The maximum Gasteiger partial charge on any atom is 0.162 e. The molecule has 3 unspecified atom stereocenters. The number of fused-ring (bicyclic) bond motifs is 5. The number of aliphatic hydroxyl groups excluding tert-OH is 1. The van der Waals surface area contributed by atoms with E-state index < -0.39 is 5.60 Å². The summed E-state index contributed by atoms with van der Waals surface area (Å²) in [6.07, 6.45) is 10.9. The third-order valence-corrected chi connectivity index (χ3v) is 10.0. The van der Waals surface area contributed by atoms with Crippen LogP contribution in [0.2, 0.25) is 0 Å². The fourth-order valence-corrected chi connectivity index (χ4v) is 8.48. The number of hydrogen-bond acceptors (Lipinski definition) is 4. The molecule has 0 bridgehead atoms. The average Bonchev–Trinajstić information content (AvgIpc) is 3.25. The topological polar surface area (TPSA) is 66.5 Å². The van der Waals surface area contributed by atoms with Gasteiger partial charge in [0.25, 0.3) is 0 Å². The fraction of sp³-hybridized carbons (Fsp3) is 0.875. The van der Waals surface area contributed by atoms with Gasteiger partial charge in [-0.2, -0.15) is 0 Å². The minimum atomic E-state index is -0.448. The normalized spacial score (nSPS) is 50.7. The van der Waals surface area contributed by atoms with Crippen LogP contribution in [0.4, 0.5) is 0 Å². The van der Waals surface area contributed by atoms with Crippen molar-refractivity contribution in [3.63, 3.8) is 0 Å². The Morgan fingerprint density at radius 2 is 1.79 bits per heavy atom. The lowest BCUT2D eigenvalue weighted by molar-refractivity contribution is -0.143. The molecule has 0 radical (unpaired) electrons. The Kier molecular flexibility index (Phi) is 4.31. The molecule has 28 heavy (non-hydrogen) atoms. The highest BCUT2D eigenvalue weighted by molar-refractivity contribution is 5.20. The van der Waals surface area contributed by atoms with Crippen molar-refractivity contribution < 1.29 is 14.7 Å². The van der Waals surface area contributed by atoms with Crippen molar-refractivity contribution in [2.75, 3.05) is 0 Å². The number of rotatable bonds is 2. The molecule has 0 spiro atoms. The predicted molar refractivity (Wildman–Crippen MR) is 108 cm³/mol. The smallest absolute Gasteiger partial charge is 0.162 e. The Labute approximate surface area is 169 Å². The number of hydrogen-bond donors (Lipinski definition) is 2. The van der Waals surface area contributed by atoms with Gasteiger partial charge in [-0.1, -0.05) is 19.0 Å². The van der Waals surface area contributed by atoms with E-state index in [2.05, 4.69) is 25.9 Å². The zero-order chi connectivity index (χ0) is 19.7. The van der Waals surface area contributed by atoms with Crippen LogP contribution in [-0.2, 0) is 6.61 Å². The van der Waals surface area contributed by atoms with Crippen molar-refractivity contribution in [1.82, 2.24) is 5.16 Å². The molecule has 2 N–H and O–H groups in total. The van der Waals surface area contributed by atoms with Crippen molar-refractivity contribution in [3.05, 3.63) is 17.5 Å². The van der Waals surface area contributed by atoms with Crippen LogP contribution in [0.3, 0.4) is 0 Å². The highest BCUT2D eigenvalue weighted by Gasteiger charge is 2.61. The van der Waals surface area contributed by atoms with E-state index in [0.717, 1.165) is 36.3 Å². The van der Waals surface area contributed by atoms with Gasteiger partial charge in [-0.15, -0.1) is 0 Å². The van der Waals surface area contributed by atoms with Crippen LogP contribution in [0.25, 0.3) is 0 Å². The fourth-order valence-electron chi connectivity index (χ4n) is 8.48. The minimum Gasteiger partial charge on any atom is -0.390 e. The molecule has 5 rings (SSSR count). The molecule has 0 saturated heterocycles. The van der Waals surface area contributed by atoms with E-state index in [1.165, 1.54) is 44.9 Å². The lowest BCUT2D eigenvalue weighted by Crippen LogP contribution is -2.55. The molecular weight excluding hydrogens is 350 g/mol. The molecule has 0 aliphatic heterocycles. The Morgan fingerprint density at radius 3 is 2.54 bits per heavy atom. The Balaban J connectivity index is 1.41. The van der Waals surface area contributed by atoms with E-state index in [1.807, 2.05) is 6.07 Å². The standard InChI is InChI=1S/C24H37NO3/c1-22(27)10-11-23(2)15(13-22)4-5-17-18-6-7-20(21-12-16(14-26)28-25-21)24(18,3)9-8-19(17)23/h12,15,17-20,26-27H,4-11,13-14H2,1-3H3/t15-,17?,18?,19?,20+,22+,23-,24-/m0/s1. The molecule has 4 aliphatic carbocycles. The summed E-state index contributed by atoms with van der Waals surface area (Å²) in [5.41, 5.74) is 1.35. The van der Waals surface area contributed by atoms with Crippen LogP contribution < -0.4 is 0 Å². The van der Waals surface area contributed by atoms with Crippen molar-refractivity contribution in [1.29, 1.82) is 0 Å². The van der Waals surface area contributed by atoms with Gasteiger partial charge in [-0.25, -0.2) is 0 Å². The van der Waals surface area contributed by atoms with Gasteiger partial charge in [0.05, 0.1) is 11.3 Å². The van der Waals surface area contributed by atoms with Gasteiger partial charge in [-0.05, 0) is 99.2 Å². The summed E-state index contributed by atoms with van der Waals surface area (Å²) >= 11 is 0. The maximum absolute atomic E-state index is 10.7. The molecule has 4 heteroatoms. The summed E-state index contributed by atoms with van der Waals surface area (Å²) in [5.74, 6) is 4.20. The minimum absolute atomic E-state index is 0.0614. The summed E-state index contributed by atoms with van der Waals surface area (Å²) in [6, 6.07) is 1.99. The first-order valence-electron chi connectivity index (χ1n) is 11.6. The first-order valence-corrected chi connectivity index (χ1v) is 11.6. The van der Waals surface area contributed by atoms with Gasteiger partial charge in [-0.3, -0.25) is 0 Å². The second-order valence-electron chi connectivity index (χ2n) is 11.4. The molecule has 4 saturated carbocycles. The van der Waals surface area contributed by atoms with E-state index in [4.69, 9.17) is 4.52 Å². The number of nitrogens with zero attached hydrogens (tertiary/aromatic N) is 1. The molecule has 1 aromatic rings. The molecule has 4 fully saturated rings. The predicted octanol–water partition coefficient (Wildman–Crippen LogP) is 5.04. The van der Waals surface area contributed by atoms with E-state index in [-0.39, 0.29) is 6.61 Å². The van der Waals surface area contributed by atoms with Crippen molar-refractivity contribution >= 4 is 0 Å². The largest absolute Gasteiger partial charge is 0.390 e. The summed E-state index contributed by atoms with van der Waals surface area (Å²) in [7, 11) is 0. The first-order chi connectivity index (χ1) is 13.3. The van der Waals surface area contributed by atoms with Gasteiger partial charge in [0.1, 0.15) is 6.61 Å². The van der Waals surface area contributed by atoms with E-state index in [1.54, 1.807) is 0 Å². The van der Waals surface area contributed by atoms with E-state index in [9.17, 15) is 10.2 Å². The van der Waals surface area contributed by atoms with Crippen LogP contribution in [0, 0.1) is 34.5 Å². The van der Waals surface area contributed by atoms with Gasteiger partial charge in [0.2, 0.25) is 0 Å². The van der Waals surface area contributed by atoms with E-state index in [0.29, 0.717) is 28.4 Å². The third kappa shape index (κ3) is 2.66. The van der Waals surface area contributed by atoms with Gasteiger partial charge >= 0.3 is 0 Å². The highest BCUT2D eigenvalue weighted by Crippen LogP contribution is 2.69. The van der Waals surface area contributed by atoms with Crippen LogP contribution >= 0.6 is 0 Å². The molecule has 1 aromatic heterocycles. The van der Waals surface area contributed by atoms with Gasteiger partial charge < -0.3 is 14.7 Å². The van der Waals surface area contributed by atoms with Crippen LogP contribution in [0.15, 0.2) is 10.6 Å². The van der Waals surface area contributed by atoms with Gasteiger partial charge in [0.15, 0.2) is 5.76 Å². The summed E-state index contributed by atoms with van der Waals surface area (Å²) < 4.78 is 5.34. The quantitative estimate of drug-likeness (QED) is 0.746. The second-order valence-corrected chi connectivity index (χ2v) is 11.4. The molecular formula is C24H37NO3. The number of aromatic nitrogens is 1. The van der Waals surface area contributed by atoms with E-state index >= 15 is 0 Å². The molecule has 0 aromatic carbocycles. The Bertz CT molecular complexity index is 742. The Hall–Kier alpha value is -0.870. The van der Waals surface area contributed by atoms with Crippen molar-refractivity contribution in [2.24, 2.45) is 34.5 Å². The van der Waals surface area contributed by atoms with Crippen molar-refractivity contribution in [2.45, 2.75) is 96.7 Å². The molecule has 1 heterocycles. The SMILES string of the molecule is C[C@@]1(O)CC[C@]2(C)C3CC[C@@]4(C)C(CC[C@@H]4c4cc(CO)on4)C3CC[C@H]2C1. The average molecular weight is 388 g/mol. The lowest BCUT2D eigenvalue weighted by atomic mass is 9.44. The summed E-state index contributed by atoms with van der Waals surface area (Å²) in [4.78, 5) is 0. The molecule has 156 valence electrons. The highest BCUT2D eigenvalue weighted by atomic mass is 16.5. The maximum atomic E-state index is 10.7. The van der Waals surface area contributed by atoms with Gasteiger partial charge in [0, 0.05) is 12.0 Å². The van der Waals surface area contributed by atoms with Crippen molar-refractivity contribution in [3.8, 4) is 0 Å². The van der Waals surface area contributed by atoms with Crippen LogP contribution in [-0.4, -0.2) is 21.0 Å². The molecule has 4 nitrogen and oxygen atoms in total. The zero-order valence-electron chi connectivity index (χ0n) is 17.8. The van der Waals surface area contributed by atoms with Crippen LogP contribution in [0.5, 0.6) is 0 Å². The van der Waals surface area contributed by atoms with Crippen LogP contribution in [0.1, 0.15) is 95.9 Å². The Morgan fingerprint density at radius 1 is 1.00 bits per heavy atom. The summed E-state index contributed by atoms with van der Waals surface area (Å²) in [6.45, 7) is 7.06. The second kappa shape index (κ2) is 6.31. The third-order valence-electron chi connectivity index (χ3n) is 10.0. The molecule has 8 atom stereocenters. The monoisotopic (exact) mass is 387 g/mol. The zero-order valence-corrected chi connectivity index (χ0v) is 17.8. The molecule has 4 aliphatic rings. The first kappa shape index (κ1) is 19.1. The lowest BCUT2D eigenvalue weighted by Gasteiger charge is -2.61. The summed E-state index contributed by atoms with van der Waals surface area (Å²) in [5, 5.41) is 24.4. The number of aliphatic hydroxyl groups is 2.